The lowest BCUT2D eigenvalue weighted by atomic mass is 9.52. The van der Waals surface area contributed by atoms with Crippen LogP contribution in [0.2, 0.25) is 0 Å². The van der Waals surface area contributed by atoms with Crippen molar-refractivity contribution in [3.8, 4) is 5.75 Å². The Hall–Kier alpha value is -3.20. The van der Waals surface area contributed by atoms with Crippen LogP contribution < -0.4 is 15.4 Å². The van der Waals surface area contributed by atoms with Crippen LogP contribution in [0.4, 0.5) is 5.69 Å². The molecule has 0 aliphatic heterocycles. The summed E-state index contributed by atoms with van der Waals surface area (Å²) in [6.07, 6.45) is 1.69. The number of aromatic hydroxyl groups is 1. The molecule has 0 bridgehead atoms. The zero-order chi connectivity index (χ0) is 30.8. The molecular formula is C27H36N4O9S. The van der Waals surface area contributed by atoms with Crippen LogP contribution in [0.15, 0.2) is 6.07 Å². The molecule has 2 fully saturated rings. The van der Waals surface area contributed by atoms with Gasteiger partial charge in [-0.25, -0.2) is 13.1 Å². The minimum absolute atomic E-state index is 0.0313. The van der Waals surface area contributed by atoms with Crippen LogP contribution in [-0.2, 0) is 42.0 Å². The lowest BCUT2D eigenvalue weighted by Gasteiger charge is -2.52. The standard InChI is InChI=1S/C27H36N4O9S/c1-30(2)16-11-12(7-6-8-29-41(5,39)40)21(32)18-14(16)9-13-10-15-20(31(3)4)23(34)19(26(28)37)25(36)27(15,38)24(35)17(13)22(18)33/h11,13,15,17,19-20,29,32,38H,6-10H2,1-5H3,(H2,28,37)/t13-,15-,17?,19?,20-,27-/m1/s1. The van der Waals surface area contributed by atoms with Gasteiger partial charge >= 0.3 is 0 Å². The Balaban J connectivity index is 1.80. The topological polar surface area (TPSA) is 204 Å². The van der Waals surface area contributed by atoms with Crippen LogP contribution in [0.3, 0.4) is 0 Å². The number of hydrogen-bond donors (Lipinski definition) is 4. The Kier molecular flexibility index (Phi) is 7.93. The molecule has 0 saturated heterocycles. The minimum atomic E-state index is -3.41. The molecular weight excluding hydrogens is 556 g/mol. The number of phenols is 1. The second-order valence-corrected chi connectivity index (χ2v) is 13.5. The second-order valence-electron chi connectivity index (χ2n) is 11.7. The third kappa shape index (κ3) is 4.96. The zero-order valence-electron chi connectivity index (χ0n) is 23.6. The summed E-state index contributed by atoms with van der Waals surface area (Å²) in [4.78, 5) is 69.9. The van der Waals surface area contributed by atoms with Crippen molar-refractivity contribution >= 4 is 44.8 Å². The number of aliphatic hydroxyl groups is 1. The highest BCUT2D eigenvalue weighted by molar-refractivity contribution is 7.88. The first-order valence-electron chi connectivity index (χ1n) is 13.3. The lowest BCUT2D eigenvalue weighted by molar-refractivity contribution is -0.181. The van der Waals surface area contributed by atoms with E-state index in [0.29, 0.717) is 23.2 Å². The van der Waals surface area contributed by atoms with E-state index in [-0.39, 0.29) is 37.1 Å². The fourth-order valence-corrected chi connectivity index (χ4v) is 7.35. The number of likely N-dealkylation sites (N-methyl/N-ethyl adjacent to an activating group) is 1. The molecule has 1 aromatic carbocycles. The summed E-state index contributed by atoms with van der Waals surface area (Å²) in [7, 11) is 3.17. The highest BCUT2D eigenvalue weighted by Gasteiger charge is 2.69. The third-order valence-electron chi connectivity index (χ3n) is 8.59. The van der Waals surface area contributed by atoms with Crippen molar-refractivity contribution in [3.05, 3.63) is 22.8 Å². The fourth-order valence-electron chi connectivity index (χ4n) is 6.83. The van der Waals surface area contributed by atoms with Gasteiger partial charge < -0.3 is 20.8 Å². The molecule has 4 rings (SSSR count). The van der Waals surface area contributed by atoms with Crippen LogP contribution in [-0.4, -0.2) is 105 Å². The van der Waals surface area contributed by atoms with Crippen molar-refractivity contribution in [2.45, 2.75) is 37.3 Å². The highest BCUT2D eigenvalue weighted by atomic mass is 32.2. The van der Waals surface area contributed by atoms with Crippen LogP contribution >= 0.6 is 0 Å². The number of hydrogen-bond acceptors (Lipinski definition) is 11. The van der Waals surface area contributed by atoms with Gasteiger partial charge in [-0.1, -0.05) is 0 Å². The number of primary amides is 1. The summed E-state index contributed by atoms with van der Waals surface area (Å²) in [5.74, 6) is -11.0. The Bertz CT molecular complexity index is 1450. The molecule has 0 heterocycles. The number of fused-ring (bicyclic) bond motifs is 3. The number of nitrogens with zero attached hydrogens (tertiary/aromatic N) is 2. The number of carbonyl (C=O) groups excluding carboxylic acids is 5. The van der Waals surface area contributed by atoms with Crippen LogP contribution in [0.25, 0.3) is 0 Å². The largest absolute Gasteiger partial charge is 0.507 e. The number of nitrogens with two attached hydrogens (primary N) is 1. The van der Waals surface area contributed by atoms with E-state index in [9.17, 15) is 42.6 Å². The summed E-state index contributed by atoms with van der Waals surface area (Å²) in [5, 5.41) is 22.9. The second kappa shape index (κ2) is 10.6. The predicted molar refractivity (Wildman–Crippen MR) is 147 cm³/mol. The number of carbonyl (C=O) groups is 5. The third-order valence-corrected chi connectivity index (χ3v) is 9.31. The van der Waals surface area contributed by atoms with Crippen molar-refractivity contribution in [1.82, 2.24) is 9.62 Å². The van der Waals surface area contributed by atoms with E-state index in [1.807, 2.05) is 0 Å². The van der Waals surface area contributed by atoms with Gasteiger partial charge in [-0.05, 0) is 62.9 Å². The number of aryl methyl sites for hydroxylation is 1. The van der Waals surface area contributed by atoms with Gasteiger partial charge in [0.1, 0.15) is 5.75 Å². The quantitative estimate of drug-likeness (QED) is 0.200. The summed E-state index contributed by atoms with van der Waals surface area (Å²) < 4.78 is 25.2. The number of sulfonamides is 1. The fraction of sp³-hybridized carbons (Fsp3) is 0.593. The van der Waals surface area contributed by atoms with E-state index >= 15 is 0 Å². The summed E-state index contributed by atoms with van der Waals surface area (Å²) in [6, 6.07) is 0.554. The van der Waals surface area contributed by atoms with Gasteiger partial charge in [-0.3, -0.25) is 28.9 Å². The van der Waals surface area contributed by atoms with Gasteiger partial charge in [-0.15, -0.1) is 0 Å². The maximum atomic E-state index is 14.0. The number of nitrogens with one attached hydrogen (secondary N) is 1. The lowest BCUT2D eigenvalue weighted by Crippen LogP contribution is -2.74. The molecule has 41 heavy (non-hydrogen) atoms. The Morgan fingerprint density at radius 2 is 1.78 bits per heavy atom. The van der Waals surface area contributed by atoms with Crippen LogP contribution in [0, 0.1) is 23.7 Å². The van der Waals surface area contributed by atoms with Crippen molar-refractivity contribution in [1.29, 1.82) is 0 Å². The first kappa shape index (κ1) is 30.8. The molecule has 224 valence electrons. The molecule has 2 saturated carbocycles. The molecule has 6 atom stereocenters. The normalized spacial score (nSPS) is 29.7. The van der Waals surface area contributed by atoms with E-state index in [1.54, 1.807) is 25.1 Å². The highest BCUT2D eigenvalue weighted by Crippen LogP contribution is 2.52. The van der Waals surface area contributed by atoms with E-state index in [4.69, 9.17) is 5.73 Å². The monoisotopic (exact) mass is 592 g/mol. The number of rotatable bonds is 8. The number of phenolic OH excluding ortho intramolecular Hbond substituents is 1. The molecule has 3 aliphatic carbocycles. The van der Waals surface area contributed by atoms with E-state index in [0.717, 1.165) is 6.26 Å². The number of Topliss-reactive ketones (excluding diaryl/α,β-unsaturated/α-hetero) is 4. The van der Waals surface area contributed by atoms with Gasteiger partial charge in [0.05, 0.1) is 23.8 Å². The average Bonchev–Trinajstić information content (AvgIpc) is 2.83. The maximum Gasteiger partial charge on any atom is 0.235 e. The van der Waals surface area contributed by atoms with Crippen LogP contribution in [0.1, 0.15) is 34.3 Å². The minimum Gasteiger partial charge on any atom is -0.507 e. The summed E-state index contributed by atoms with van der Waals surface area (Å²) in [6.45, 7) is 0.104. The Morgan fingerprint density at radius 1 is 1.15 bits per heavy atom. The van der Waals surface area contributed by atoms with Gasteiger partial charge in [-0.2, -0.15) is 0 Å². The molecule has 14 heteroatoms. The molecule has 13 nitrogen and oxygen atoms in total. The van der Waals surface area contributed by atoms with E-state index in [2.05, 4.69) is 4.72 Å². The van der Waals surface area contributed by atoms with E-state index < -0.39 is 74.4 Å². The summed E-state index contributed by atoms with van der Waals surface area (Å²) in [5.41, 5.74) is 3.97. The van der Waals surface area contributed by atoms with Crippen molar-refractivity contribution in [2.75, 3.05) is 45.9 Å². The number of benzene rings is 1. The molecule has 0 aromatic heterocycles. The SMILES string of the molecule is CN(C)c1cc(CCCNS(C)(=O)=O)c(O)c2c1C[C@@H]1C[C@@H]3[C@@H](N(C)C)C(=O)C(C(N)=O)C(=O)[C@]3(O)C(=O)C1C2=O. The van der Waals surface area contributed by atoms with Crippen molar-refractivity contribution < 1.29 is 42.6 Å². The zero-order valence-corrected chi connectivity index (χ0v) is 24.4. The molecule has 5 N–H and O–H groups in total. The van der Waals surface area contributed by atoms with Crippen molar-refractivity contribution in [3.63, 3.8) is 0 Å². The molecule has 1 amide bonds. The number of anilines is 1. The maximum absolute atomic E-state index is 14.0. The number of ketones is 4. The van der Waals surface area contributed by atoms with Crippen LogP contribution in [0.5, 0.6) is 5.75 Å². The Labute approximate surface area is 238 Å². The molecule has 3 aliphatic rings. The van der Waals surface area contributed by atoms with Crippen molar-refractivity contribution in [2.24, 2.45) is 29.4 Å². The molecule has 0 spiro atoms. The molecule has 0 radical (unpaired) electrons. The first-order valence-corrected chi connectivity index (χ1v) is 15.2. The van der Waals surface area contributed by atoms with Gasteiger partial charge in [0.25, 0.3) is 0 Å². The van der Waals surface area contributed by atoms with Gasteiger partial charge in [0, 0.05) is 32.2 Å². The van der Waals surface area contributed by atoms with E-state index in [1.165, 1.54) is 19.0 Å². The van der Waals surface area contributed by atoms with Gasteiger partial charge in [0.15, 0.2) is 34.7 Å². The predicted octanol–water partition coefficient (Wildman–Crippen LogP) is -1.59. The summed E-state index contributed by atoms with van der Waals surface area (Å²) >= 11 is 0. The first-order chi connectivity index (χ1) is 18.9. The molecule has 2 unspecified atom stereocenters. The Morgan fingerprint density at radius 3 is 2.32 bits per heavy atom. The smallest absolute Gasteiger partial charge is 0.235 e. The van der Waals surface area contributed by atoms with Gasteiger partial charge in [0.2, 0.25) is 15.9 Å². The number of amides is 1. The molecule has 1 aromatic rings. The average molecular weight is 593 g/mol.